The number of pyridine rings is 1. The third-order valence-corrected chi connectivity index (χ3v) is 3.81. The molecule has 19 heavy (non-hydrogen) atoms. The van der Waals surface area contributed by atoms with Crippen LogP contribution in [0.3, 0.4) is 0 Å². The van der Waals surface area contributed by atoms with Crippen molar-refractivity contribution in [2.45, 2.75) is 19.1 Å². The summed E-state index contributed by atoms with van der Waals surface area (Å²) < 4.78 is 5.41. The third kappa shape index (κ3) is 2.29. The number of nitrogens with two attached hydrogens (primary N) is 1. The molecule has 1 unspecified atom stereocenters. The van der Waals surface area contributed by atoms with E-state index < -0.39 is 0 Å². The number of hydrogen-bond acceptors (Lipinski definition) is 4. The van der Waals surface area contributed by atoms with E-state index in [1.54, 1.807) is 7.11 Å². The van der Waals surface area contributed by atoms with Gasteiger partial charge in [0.2, 0.25) is 0 Å². The summed E-state index contributed by atoms with van der Waals surface area (Å²) in [6.45, 7) is 2.44. The number of aromatic nitrogens is 1. The third-order valence-electron chi connectivity index (χ3n) is 3.81. The molecule has 2 aromatic rings. The summed E-state index contributed by atoms with van der Waals surface area (Å²) in [6.07, 6.45) is 1.37. The van der Waals surface area contributed by atoms with Crippen LogP contribution in [0.15, 0.2) is 30.3 Å². The SMILES string of the molecule is COC1CCN(c2cc(CN)c3ccccc3n2)C1. The average Bonchev–Trinajstić information content (AvgIpc) is 2.95. The summed E-state index contributed by atoms with van der Waals surface area (Å²) in [6, 6.07) is 10.3. The number of ether oxygens (including phenoxy) is 1. The summed E-state index contributed by atoms with van der Waals surface area (Å²) in [5.41, 5.74) is 8.04. The number of methoxy groups -OCH3 is 1. The molecular weight excluding hydrogens is 238 g/mol. The van der Waals surface area contributed by atoms with Crippen LogP contribution in [-0.4, -0.2) is 31.3 Å². The molecule has 1 aliphatic heterocycles. The van der Waals surface area contributed by atoms with E-state index >= 15 is 0 Å². The van der Waals surface area contributed by atoms with Gasteiger partial charge in [-0.3, -0.25) is 0 Å². The fourth-order valence-corrected chi connectivity index (χ4v) is 2.69. The number of nitrogens with zero attached hydrogens (tertiary/aromatic N) is 2. The molecule has 1 saturated heterocycles. The van der Waals surface area contributed by atoms with Gasteiger partial charge in [0.15, 0.2) is 0 Å². The first kappa shape index (κ1) is 12.4. The normalized spacial score (nSPS) is 19.3. The number of para-hydroxylation sites is 1. The molecule has 0 aliphatic carbocycles. The molecule has 3 rings (SSSR count). The Hall–Kier alpha value is -1.65. The van der Waals surface area contributed by atoms with Crippen LogP contribution < -0.4 is 10.6 Å². The molecule has 100 valence electrons. The Morgan fingerprint density at radius 1 is 1.42 bits per heavy atom. The quantitative estimate of drug-likeness (QED) is 0.912. The zero-order chi connectivity index (χ0) is 13.2. The molecule has 4 nitrogen and oxygen atoms in total. The average molecular weight is 257 g/mol. The minimum atomic E-state index is 0.314. The van der Waals surface area contributed by atoms with Crippen molar-refractivity contribution in [3.63, 3.8) is 0 Å². The molecule has 1 aromatic heterocycles. The lowest BCUT2D eigenvalue weighted by molar-refractivity contribution is 0.121. The molecular formula is C15H19N3O. The van der Waals surface area contributed by atoms with Gasteiger partial charge in [-0.1, -0.05) is 18.2 Å². The van der Waals surface area contributed by atoms with Gasteiger partial charge < -0.3 is 15.4 Å². The Morgan fingerprint density at radius 3 is 3.00 bits per heavy atom. The molecule has 0 spiro atoms. The van der Waals surface area contributed by atoms with E-state index in [0.717, 1.165) is 41.8 Å². The van der Waals surface area contributed by atoms with Gasteiger partial charge in [-0.2, -0.15) is 0 Å². The summed E-state index contributed by atoms with van der Waals surface area (Å²) in [5.74, 6) is 1.01. The van der Waals surface area contributed by atoms with Gasteiger partial charge in [0, 0.05) is 32.1 Å². The van der Waals surface area contributed by atoms with Crippen molar-refractivity contribution in [1.29, 1.82) is 0 Å². The standard InChI is InChI=1S/C15H19N3O/c1-19-12-6-7-18(10-12)15-8-11(9-16)13-4-2-3-5-14(13)17-15/h2-5,8,12H,6-7,9-10,16H2,1H3. The van der Waals surface area contributed by atoms with Crippen LogP contribution in [0.25, 0.3) is 10.9 Å². The second kappa shape index (κ2) is 5.15. The lowest BCUT2D eigenvalue weighted by Gasteiger charge is -2.19. The van der Waals surface area contributed by atoms with Crippen molar-refractivity contribution in [3.05, 3.63) is 35.9 Å². The van der Waals surface area contributed by atoms with Crippen LogP contribution in [0.4, 0.5) is 5.82 Å². The van der Waals surface area contributed by atoms with E-state index in [1.165, 1.54) is 0 Å². The smallest absolute Gasteiger partial charge is 0.129 e. The topological polar surface area (TPSA) is 51.4 Å². The largest absolute Gasteiger partial charge is 0.380 e. The Balaban J connectivity index is 2.00. The van der Waals surface area contributed by atoms with Gasteiger partial charge in [0.05, 0.1) is 11.6 Å². The highest BCUT2D eigenvalue weighted by Crippen LogP contribution is 2.25. The molecule has 0 bridgehead atoms. The first-order valence-electron chi connectivity index (χ1n) is 6.68. The Labute approximate surface area is 113 Å². The second-order valence-corrected chi connectivity index (χ2v) is 4.95. The van der Waals surface area contributed by atoms with Crippen LogP contribution in [0, 0.1) is 0 Å². The van der Waals surface area contributed by atoms with Gasteiger partial charge in [0.1, 0.15) is 5.82 Å². The highest BCUT2D eigenvalue weighted by Gasteiger charge is 2.23. The highest BCUT2D eigenvalue weighted by atomic mass is 16.5. The van der Waals surface area contributed by atoms with E-state index in [4.69, 9.17) is 15.5 Å². The fourth-order valence-electron chi connectivity index (χ4n) is 2.69. The summed E-state index contributed by atoms with van der Waals surface area (Å²) in [5, 5.41) is 1.15. The number of hydrogen-bond donors (Lipinski definition) is 1. The summed E-state index contributed by atoms with van der Waals surface area (Å²) >= 11 is 0. The van der Waals surface area contributed by atoms with Crippen LogP contribution in [-0.2, 0) is 11.3 Å². The lowest BCUT2D eigenvalue weighted by atomic mass is 10.1. The van der Waals surface area contributed by atoms with E-state index in [9.17, 15) is 0 Å². The number of rotatable bonds is 3. The number of benzene rings is 1. The minimum absolute atomic E-state index is 0.314. The van der Waals surface area contributed by atoms with E-state index in [0.29, 0.717) is 12.6 Å². The molecule has 0 saturated carbocycles. The van der Waals surface area contributed by atoms with Crippen LogP contribution in [0.5, 0.6) is 0 Å². The molecule has 1 aromatic carbocycles. The van der Waals surface area contributed by atoms with Crippen molar-refractivity contribution in [3.8, 4) is 0 Å². The molecule has 2 heterocycles. The maximum absolute atomic E-state index is 5.87. The molecule has 0 radical (unpaired) electrons. The predicted molar refractivity (Wildman–Crippen MR) is 77.3 cm³/mol. The molecule has 4 heteroatoms. The highest BCUT2D eigenvalue weighted by molar-refractivity contribution is 5.84. The van der Waals surface area contributed by atoms with Crippen LogP contribution in [0.1, 0.15) is 12.0 Å². The van der Waals surface area contributed by atoms with Crippen LogP contribution in [0.2, 0.25) is 0 Å². The Bertz CT molecular complexity index is 585. The van der Waals surface area contributed by atoms with Gasteiger partial charge in [-0.25, -0.2) is 4.98 Å². The fraction of sp³-hybridized carbons (Fsp3) is 0.400. The predicted octanol–water partition coefficient (Wildman–Crippen LogP) is 1.92. The van der Waals surface area contributed by atoms with Crippen LogP contribution >= 0.6 is 0 Å². The van der Waals surface area contributed by atoms with Crippen molar-refractivity contribution >= 4 is 16.7 Å². The van der Waals surface area contributed by atoms with Crippen molar-refractivity contribution in [2.75, 3.05) is 25.1 Å². The zero-order valence-electron chi connectivity index (χ0n) is 11.2. The van der Waals surface area contributed by atoms with Gasteiger partial charge in [0.25, 0.3) is 0 Å². The van der Waals surface area contributed by atoms with Crippen molar-refractivity contribution in [2.24, 2.45) is 5.73 Å². The lowest BCUT2D eigenvalue weighted by Crippen LogP contribution is -2.23. The maximum atomic E-state index is 5.87. The first-order chi connectivity index (χ1) is 9.31. The number of fused-ring (bicyclic) bond motifs is 1. The number of anilines is 1. The van der Waals surface area contributed by atoms with Crippen molar-refractivity contribution < 1.29 is 4.74 Å². The van der Waals surface area contributed by atoms with Crippen molar-refractivity contribution in [1.82, 2.24) is 4.98 Å². The summed E-state index contributed by atoms with van der Waals surface area (Å²) in [7, 11) is 1.77. The molecule has 0 amide bonds. The second-order valence-electron chi connectivity index (χ2n) is 4.95. The Kier molecular flexibility index (Phi) is 3.36. The summed E-state index contributed by atoms with van der Waals surface area (Å²) in [4.78, 5) is 7.03. The zero-order valence-corrected chi connectivity index (χ0v) is 11.2. The minimum Gasteiger partial charge on any atom is -0.380 e. The van der Waals surface area contributed by atoms with Gasteiger partial charge >= 0.3 is 0 Å². The van der Waals surface area contributed by atoms with E-state index in [2.05, 4.69) is 17.0 Å². The Morgan fingerprint density at radius 2 is 2.26 bits per heavy atom. The van der Waals surface area contributed by atoms with Gasteiger partial charge in [-0.15, -0.1) is 0 Å². The first-order valence-corrected chi connectivity index (χ1v) is 6.68. The van der Waals surface area contributed by atoms with E-state index in [-0.39, 0.29) is 0 Å². The van der Waals surface area contributed by atoms with E-state index in [1.807, 2.05) is 18.2 Å². The molecule has 2 N–H and O–H groups in total. The molecule has 1 atom stereocenters. The molecule has 1 aliphatic rings. The monoisotopic (exact) mass is 257 g/mol. The maximum Gasteiger partial charge on any atom is 0.129 e. The molecule has 1 fully saturated rings. The van der Waals surface area contributed by atoms with Gasteiger partial charge in [-0.05, 0) is 24.1 Å².